The average Bonchev–Trinajstić information content (AvgIpc) is 2.13. The summed E-state index contributed by atoms with van der Waals surface area (Å²) in [5.74, 6) is 0.947. The highest BCUT2D eigenvalue weighted by atomic mass is 15.3. The number of hydrogen-bond donors (Lipinski definition) is 0. The quantitative estimate of drug-likeness (QED) is 0.639. The van der Waals surface area contributed by atoms with Crippen LogP contribution in [0.1, 0.15) is 6.92 Å². The van der Waals surface area contributed by atoms with Gasteiger partial charge in [-0.1, -0.05) is 6.92 Å². The summed E-state index contributed by atoms with van der Waals surface area (Å²) in [5, 5.41) is 0. The van der Waals surface area contributed by atoms with Gasteiger partial charge in [0.2, 0.25) is 0 Å². The first-order valence-electron chi connectivity index (χ1n) is 5.87. The van der Waals surface area contributed by atoms with Gasteiger partial charge in [0, 0.05) is 52.4 Å². The number of hydrogen-bond acceptors (Lipinski definition) is 3. The minimum absolute atomic E-state index is 0.947. The lowest BCUT2D eigenvalue weighted by Crippen LogP contribution is -2.51. The molecule has 0 spiro atoms. The summed E-state index contributed by atoms with van der Waals surface area (Å²) in [5.41, 5.74) is 0. The first kappa shape index (κ1) is 10.4. The van der Waals surface area contributed by atoms with E-state index >= 15 is 0 Å². The number of likely N-dealkylation sites (tertiary alicyclic amines) is 1. The average molecular weight is 197 g/mol. The van der Waals surface area contributed by atoms with Crippen LogP contribution in [-0.2, 0) is 0 Å². The maximum atomic E-state index is 2.60. The Morgan fingerprint density at radius 1 is 0.929 bits per heavy atom. The first-order chi connectivity index (χ1) is 6.74. The molecule has 2 rings (SSSR count). The van der Waals surface area contributed by atoms with Gasteiger partial charge in [0.15, 0.2) is 0 Å². The molecule has 0 radical (unpaired) electrons. The molecule has 0 aromatic heterocycles. The molecule has 0 atom stereocenters. The minimum atomic E-state index is 0.947. The normalized spacial score (nSPS) is 27.9. The molecule has 2 aliphatic heterocycles. The third-order valence-corrected chi connectivity index (χ3v) is 3.47. The highest BCUT2D eigenvalue weighted by molar-refractivity contribution is 4.78. The van der Waals surface area contributed by atoms with Crippen LogP contribution in [0.4, 0.5) is 0 Å². The van der Waals surface area contributed by atoms with Gasteiger partial charge in [-0.2, -0.15) is 0 Å². The van der Waals surface area contributed by atoms with Crippen molar-refractivity contribution in [2.45, 2.75) is 6.92 Å². The Morgan fingerprint density at radius 2 is 1.50 bits per heavy atom. The molecule has 0 amide bonds. The SMILES string of the molecule is CC1CN(CCN2CCN(C)CC2)C1. The van der Waals surface area contributed by atoms with Gasteiger partial charge in [-0.05, 0) is 13.0 Å². The lowest BCUT2D eigenvalue weighted by Gasteiger charge is -2.39. The molecular weight excluding hydrogens is 174 g/mol. The standard InChI is InChI=1S/C11H23N3/c1-11-9-14(10-11)8-7-13-5-3-12(2)4-6-13/h11H,3-10H2,1-2H3. The molecule has 82 valence electrons. The minimum Gasteiger partial charge on any atom is -0.304 e. The van der Waals surface area contributed by atoms with Crippen LogP contribution in [0, 0.1) is 5.92 Å². The van der Waals surface area contributed by atoms with E-state index in [4.69, 9.17) is 0 Å². The summed E-state index contributed by atoms with van der Waals surface area (Å²) in [7, 11) is 2.22. The molecule has 2 fully saturated rings. The van der Waals surface area contributed by atoms with Crippen molar-refractivity contribution in [2.75, 3.05) is 59.4 Å². The van der Waals surface area contributed by atoms with Gasteiger partial charge in [0.1, 0.15) is 0 Å². The van der Waals surface area contributed by atoms with Crippen LogP contribution in [0.3, 0.4) is 0 Å². The Balaban J connectivity index is 1.57. The molecule has 0 bridgehead atoms. The molecule has 2 aliphatic rings. The van der Waals surface area contributed by atoms with Gasteiger partial charge in [-0.3, -0.25) is 4.90 Å². The van der Waals surface area contributed by atoms with Crippen molar-refractivity contribution in [1.29, 1.82) is 0 Å². The number of piperazine rings is 1. The molecule has 3 nitrogen and oxygen atoms in total. The van der Waals surface area contributed by atoms with Gasteiger partial charge in [0.25, 0.3) is 0 Å². The van der Waals surface area contributed by atoms with Gasteiger partial charge in [-0.25, -0.2) is 0 Å². The van der Waals surface area contributed by atoms with E-state index in [1.54, 1.807) is 0 Å². The van der Waals surface area contributed by atoms with Crippen molar-refractivity contribution in [1.82, 2.24) is 14.7 Å². The van der Waals surface area contributed by atoms with Gasteiger partial charge >= 0.3 is 0 Å². The Morgan fingerprint density at radius 3 is 2.07 bits per heavy atom. The predicted octanol–water partition coefficient (Wildman–Crippen LogP) is 0.186. The zero-order chi connectivity index (χ0) is 9.97. The zero-order valence-electron chi connectivity index (χ0n) is 9.58. The second-order valence-corrected chi connectivity index (χ2v) is 5.01. The Labute approximate surface area is 87.7 Å². The van der Waals surface area contributed by atoms with E-state index in [-0.39, 0.29) is 0 Å². The third-order valence-electron chi connectivity index (χ3n) is 3.47. The van der Waals surface area contributed by atoms with Crippen molar-refractivity contribution in [2.24, 2.45) is 5.92 Å². The fourth-order valence-electron chi connectivity index (χ4n) is 2.36. The smallest absolute Gasteiger partial charge is 0.0110 e. The zero-order valence-corrected chi connectivity index (χ0v) is 9.58. The van der Waals surface area contributed by atoms with Crippen LogP contribution in [0.5, 0.6) is 0 Å². The van der Waals surface area contributed by atoms with E-state index < -0.39 is 0 Å². The van der Waals surface area contributed by atoms with Crippen LogP contribution in [0.15, 0.2) is 0 Å². The summed E-state index contributed by atoms with van der Waals surface area (Å²) >= 11 is 0. The van der Waals surface area contributed by atoms with Crippen molar-refractivity contribution in [3.8, 4) is 0 Å². The van der Waals surface area contributed by atoms with E-state index in [1.165, 1.54) is 52.4 Å². The van der Waals surface area contributed by atoms with E-state index in [0.717, 1.165) is 5.92 Å². The van der Waals surface area contributed by atoms with Crippen molar-refractivity contribution >= 4 is 0 Å². The Bertz CT molecular complexity index is 169. The fraction of sp³-hybridized carbons (Fsp3) is 1.00. The van der Waals surface area contributed by atoms with E-state index in [9.17, 15) is 0 Å². The lowest BCUT2D eigenvalue weighted by molar-refractivity contribution is 0.0811. The molecule has 0 saturated carbocycles. The van der Waals surface area contributed by atoms with Gasteiger partial charge < -0.3 is 9.80 Å². The first-order valence-corrected chi connectivity index (χ1v) is 5.87. The summed E-state index contributed by atoms with van der Waals surface area (Å²) in [6.45, 7) is 12.6. The second kappa shape index (κ2) is 4.60. The molecule has 3 heteroatoms. The molecule has 0 unspecified atom stereocenters. The van der Waals surface area contributed by atoms with Gasteiger partial charge in [0.05, 0.1) is 0 Å². The molecule has 0 aromatic rings. The number of rotatable bonds is 3. The van der Waals surface area contributed by atoms with Crippen molar-refractivity contribution in [3.05, 3.63) is 0 Å². The molecule has 14 heavy (non-hydrogen) atoms. The Kier molecular flexibility index (Phi) is 3.42. The largest absolute Gasteiger partial charge is 0.304 e. The van der Waals surface area contributed by atoms with Crippen LogP contribution in [0.25, 0.3) is 0 Å². The predicted molar refractivity (Wildman–Crippen MR) is 59.5 cm³/mol. The molecular formula is C11H23N3. The summed E-state index contributed by atoms with van der Waals surface area (Å²) in [6, 6.07) is 0. The van der Waals surface area contributed by atoms with E-state index in [2.05, 4.69) is 28.7 Å². The topological polar surface area (TPSA) is 9.72 Å². The summed E-state index contributed by atoms with van der Waals surface area (Å²) < 4.78 is 0. The van der Waals surface area contributed by atoms with E-state index in [1.807, 2.05) is 0 Å². The van der Waals surface area contributed by atoms with E-state index in [0.29, 0.717) is 0 Å². The lowest BCUT2D eigenvalue weighted by atomic mass is 10.0. The third kappa shape index (κ3) is 2.69. The van der Waals surface area contributed by atoms with Gasteiger partial charge in [-0.15, -0.1) is 0 Å². The maximum absolute atomic E-state index is 2.60. The van der Waals surface area contributed by atoms with Crippen molar-refractivity contribution in [3.63, 3.8) is 0 Å². The van der Waals surface area contributed by atoms with Crippen molar-refractivity contribution < 1.29 is 0 Å². The molecule has 0 N–H and O–H groups in total. The highest BCUT2D eigenvalue weighted by Crippen LogP contribution is 2.13. The number of likely N-dealkylation sites (N-methyl/N-ethyl adjacent to an activating group) is 1. The molecule has 0 aliphatic carbocycles. The second-order valence-electron chi connectivity index (χ2n) is 5.01. The fourth-order valence-corrected chi connectivity index (χ4v) is 2.36. The Hall–Kier alpha value is -0.120. The van der Waals surface area contributed by atoms with Crippen LogP contribution in [-0.4, -0.2) is 74.1 Å². The highest BCUT2D eigenvalue weighted by Gasteiger charge is 2.22. The monoisotopic (exact) mass is 197 g/mol. The summed E-state index contributed by atoms with van der Waals surface area (Å²) in [6.07, 6.45) is 0. The number of nitrogens with zero attached hydrogens (tertiary/aromatic N) is 3. The molecule has 2 heterocycles. The molecule has 2 saturated heterocycles. The van der Waals surface area contributed by atoms with Crippen LogP contribution in [0.2, 0.25) is 0 Å². The van der Waals surface area contributed by atoms with Crippen LogP contribution < -0.4 is 0 Å². The summed E-state index contributed by atoms with van der Waals surface area (Å²) in [4.78, 5) is 7.59. The molecule has 0 aromatic carbocycles. The van der Waals surface area contributed by atoms with Crippen LogP contribution >= 0.6 is 0 Å². The maximum Gasteiger partial charge on any atom is 0.0110 e.